The predicted molar refractivity (Wildman–Crippen MR) is 121 cm³/mol. The Morgan fingerprint density at radius 2 is 1.90 bits per heavy atom. The Bertz CT molecular complexity index is 978. The minimum Gasteiger partial charge on any atom is -0.465 e. The molecule has 0 spiro atoms. The van der Waals surface area contributed by atoms with E-state index in [4.69, 9.17) is 4.74 Å². The first-order chi connectivity index (χ1) is 14.1. The van der Waals surface area contributed by atoms with Crippen molar-refractivity contribution >= 4 is 46.2 Å². The number of aryl methyl sites for hydroxylation is 1. The fourth-order valence-corrected chi connectivity index (χ4v) is 4.92. The van der Waals surface area contributed by atoms with Gasteiger partial charge in [-0.05, 0) is 88.2 Å². The number of esters is 1. The number of hydrogen-bond donors (Lipinski definition) is 0. The van der Waals surface area contributed by atoms with Gasteiger partial charge in [0.05, 0.1) is 17.1 Å². The fraction of sp³-hybridized carbons (Fsp3) is 0.435. The Kier molecular flexibility index (Phi) is 6.13. The zero-order valence-corrected chi connectivity index (χ0v) is 19.2. The van der Waals surface area contributed by atoms with Crippen LogP contribution in [0.5, 0.6) is 0 Å². The van der Waals surface area contributed by atoms with Crippen molar-refractivity contribution in [3.8, 4) is 0 Å². The van der Waals surface area contributed by atoms with Gasteiger partial charge in [-0.15, -0.1) is 0 Å². The summed E-state index contributed by atoms with van der Waals surface area (Å²) < 4.78 is 4.86. The topological polar surface area (TPSA) is 66.9 Å². The standard InChI is InChI=1S/C23H28N2O4S/c1-7-25-18-9-14(3)16(10-17(18)15(4)12-23(25,5)6)11-19-21(27)24(22(28)30-19)13-20(26)29-8-2/h9-12H,7-8,13H2,1-6H3/b19-11+. The Hall–Kier alpha value is -2.54. The van der Waals surface area contributed by atoms with E-state index in [1.54, 1.807) is 13.0 Å². The molecule has 2 amide bonds. The van der Waals surface area contributed by atoms with Crippen LogP contribution in [0.25, 0.3) is 11.6 Å². The number of allylic oxidation sites excluding steroid dienone is 1. The van der Waals surface area contributed by atoms with E-state index in [9.17, 15) is 14.4 Å². The molecule has 30 heavy (non-hydrogen) atoms. The van der Waals surface area contributed by atoms with Crippen molar-refractivity contribution in [3.05, 3.63) is 39.8 Å². The lowest BCUT2D eigenvalue weighted by molar-refractivity contribution is -0.145. The number of anilines is 1. The van der Waals surface area contributed by atoms with Crippen LogP contribution in [0.3, 0.4) is 0 Å². The molecule has 2 aliphatic heterocycles. The normalized spacial score (nSPS) is 19.3. The van der Waals surface area contributed by atoms with Gasteiger partial charge in [-0.1, -0.05) is 6.08 Å². The van der Waals surface area contributed by atoms with Crippen molar-refractivity contribution < 1.29 is 19.1 Å². The molecule has 0 saturated carbocycles. The van der Waals surface area contributed by atoms with Crippen LogP contribution in [-0.2, 0) is 14.3 Å². The van der Waals surface area contributed by atoms with Gasteiger partial charge >= 0.3 is 5.97 Å². The van der Waals surface area contributed by atoms with Crippen LogP contribution >= 0.6 is 11.8 Å². The maximum absolute atomic E-state index is 12.7. The van der Waals surface area contributed by atoms with E-state index in [2.05, 4.69) is 50.8 Å². The number of likely N-dealkylation sites (N-methyl/N-ethyl adjacent to an activating group) is 1. The van der Waals surface area contributed by atoms with E-state index in [0.29, 0.717) is 4.91 Å². The van der Waals surface area contributed by atoms with E-state index in [0.717, 1.165) is 39.9 Å². The highest BCUT2D eigenvalue weighted by molar-refractivity contribution is 8.18. The second-order valence-electron chi connectivity index (χ2n) is 8.02. The lowest BCUT2D eigenvalue weighted by Gasteiger charge is -2.43. The van der Waals surface area contributed by atoms with Gasteiger partial charge in [0, 0.05) is 17.8 Å². The van der Waals surface area contributed by atoms with E-state index >= 15 is 0 Å². The van der Waals surface area contributed by atoms with Gasteiger partial charge in [0.15, 0.2) is 0 Å². The SMILES string of the molecule is CCOC(=O)CN1C(=O)S/C(=C/c2cc3c(cc2C)N(CC)C(C)(C)C=C3C)C1=O. The Morgan fingerprint density at radius 1 is 1.20 bits per heavy atom. The molecule has 6 nitrogen and oxygen atoms in total. The predicted octanol–water partition coefficient (Wildman–Crippen LogP) is 4.62. The van der Waals surface area contributed by atoms with Crippen LogP contribution in [0, 0.1) is 6.92 Å². The number of carbonyl (C=O) groups is 3. The third-order valence-electron chi connectivity index (χ3n) is 5.43. The average molecular weight is 429 g/mol. The van der Waals surface area contributed by atoms with Crippen molar-refractivity contribution in [3.63, 3.8) is 0 Å². The number of fused-ring (bicyclic) bond motifs is 1. The average Bonchev–Trinajstić information content (AvgIpc) is 2.90. The number of benzene rings is 1. The van der Waals surface area contributed by atoms with E-state index in [1.807, 2.05) is 6.92 Å². The van der Waals surface area contributed by atoms with Crippen molar-refractivity contribution in [2.24, 2.45) is 0 Å². The molecule has 0 atom stereocenters. The lowest BCUT2D eigenvalue weighted by atomic mass is 9.87. The number of ether oxygens (including phenoxy) is 1. The van der Waals surface area contributed by atoms with Gasteiger partial charge in [0.25, 0.3) is 11.1 Å². The third-order valence-corrected chi connectivity index (χ3v) is 6.34. The van der Waals surface area contributed by atoms with Crippen LogP contribution in [0.2, 0.25) is 0 Å². The number of imide groups is 1. The molecule has 7 heteroatoms. The molecule has 0 N–H and O–H groups in total. The smallest absolute Gasteiger partial charge is 0.326 e. The second-order valence-corrected chi connectivity index (χ2v) is 9.02. The summed E-state index contributed by atoms with van der Waals surface area (Å²) in [5.74, 6) is -1.05. The molecule has 160 valence electrons. The molecule has 2 aliphatic rings. The molecule has 1 aromatic rings. The number of amides is 2. The van der Waals surface area contributed by atoms with E-state index < -0.39 is 17.1 Å². The van der Waals surface area contributed by atoms with Crippen LogP contribution in [0.4, 0.5) is 10.5 Å². The number of nitrogens with zero attached hydrogens (tertiary/aromatic N) is 2. The summed E-state index contributed by atoms with van der Waals surface area (Å²) in [5, 5.41) is -0.454. The van der Waals surface area contributed by atoms with Gasteiger partial charge in [-0.3, -0.25) is 19.3 Å². The first-order valence-corrected chi connectivity index (χ1v) is 10.9. The summed E-state index contributed by atoms with van der Waals surface area (Å²) in [6.45, 7) is 13.1. The fourth-order valence-electron chi connectivity index (χ4n) is 4.09. The monoisotopic (exact) mass is 428 g/mol. The minimum absolute atomic E-state index is 0.0739. The molecule has 3 rings (SSSR count). The van der Waals surface area contributed by atoms with Gasteiger partial charge in [-0.2, -0.15) is 0 Å². The molecular weight excluding hydrogens is 400 g/mol. The zero-order chi connectivity index (χ0) is 22.2. The first kappa shape index (κ1) is 22.2. The summed E-state index contributed by atoms with van der Waals surface area (Å²) in [6.07, 6.45) is 4.00. The van der Waals surface area contributed by atoms with Crippen LogP contribution in [0.15, 0.2) is 23.1 Å². The zero-order valence-electron chi connectivity index (χ0n) is 18.4. The number of thioether (sulfide) groups is 1. The Labute approximate surface area is 181 Å². The molecule has 0 radical (unpaired) electrons. The lowest BCUT2D eigenvalue weighted by Crippen LogP contribution is -2.44. The van der Waals surface area contributed by atoms with Gasteiger partial charge in [-0.25, -0.2) is 0 Å². The van der Waals surface area contributed by atoms with Gasteiger partial charge in [0.1, 0.15) is 6.54 Å². The minimum atomic E-state index is -0.589. The van der Waals surface area contributed by atoms with Gasteiger partial charge in [0.2, 0.25) is 0 Å². The summed E-state index contributed by atoms with van der Waals surface area (Å²) in [6, 6.07) is 4.22. The molecule has 0 bridgehead atoms. The summed E-state index contributed by atoms with van der Waals surface area (Å²) in [4.78, 5) is 40.3. The first-order valence-electron chi connectivity index (χ1n) is 10.1. The second kappa shape index (κ2) is 8.30. The summed E-state index contributed by atoms with van der Waals surface area (Å²) >= 11 is 0.854. The molecule has 1 saturated heterocycles. The molecular formula is C23H28N2O4S. The maximum Gasteiger partial charge on any atom is 0.326 e. The Morgan fingerprint density at radius 3 is 2.53 bits per heavy atom. The van der Waals surface area contributed by atoms with Crippen molar-refractivity contribution in [2.45, 2.75) is 47.1 Å². The van der Waals surface area contributed by atoms with Crippen molar-refractivity contribution in [1.29, 1.82) is 0 Å². The molecule has 2 heterocycles. The van der Waals surface area contributed by atoms with E-state index in [-0.39, 0.29) is 18.7 Å². The highest BCUT2D eigenvalue weighted by atomic mass is 32.2. The number of hydrogen-bond acceptors (Lipinski definition) is 6. The number of carbonyl (C=O) groups excluding carboxylic acids is 3. The van der Waals surface area contributed by atoms with Crippen molar-refractivity contribution in [1.82, 2.24) is 4.90 Å². The molecule has 1 aromatic carbocycles. The maximum atomic E-state index is 12.7. The van der Waals surface area contributed by atoms with Crippen LogP contribution in [-0.4, -0.2) is 47.3 Å². The highest BCUT2D eigenvalue weighted by Crippen LogP contribution is 2.41. The quantitative estimate of drug-likeness (QED) is 0.504. The third kappa shape index (κ3) is 4.03. The molecule has 0 aromatic heterocycles. The highest BCUT2D eigenvalue weighted by Gasteiger charge is 2.37. The summed E-state index contributed by atoms with van der Waals surface area (Å²) in [5.41, 5.74) is 5.32. The largest absolute Gasteiger partial charge is 0.465 e. The summed E-state index contributed by atoms with van der Waals surface area (Å²) in [7, 11) is 0. The van der Waals surface area contributed by atoms with Crippen LogP contribution < -0.4 is 4.90 Å². The van der Waals surface area contributed by atoms with Crippen LogP contribution in [0.1, 0.15) is 51.3 Å². The number of rotatable bonds is 5. The Balaban J connectivity index is 1.96. The molecule has 0 unspecified atom stereocenters. The molecule has 1 fully saturated rings. The molecule has 0 aliphatic carbocycles. The van der Waals surface area contributed by atoms with E-state index in [1.165, 1.54) is 11.3 Å². The van der Waals surface area contributed by atoms with Gasteiger partial charge < -0.3 is 9.64 Å². The van der Waals surface area contributed by atoms with Crippen molar-refractivity contribution in [2.75, 3.05) is 24.6 Å².